The van der Waals surface area contributed by atoms with E-state index in [0.29, 0.717) is 19.0 Å². The number of aryl methyl sites for hydroxylation is 1. The molecule has 1 aromatic heterocycles. The first kappa shape index (κ1) is 22.3. The van der Waals surface area contributed by atoms with Gasteiger partial charge in [-0.2, -0.15) is 0 Å². The van der Waals surface area contributed by atoms with Crippen molar-refractivity contribution in [1.82, 2.24) is 15.8 Å². The van der Waals surface area contributed by atoms with Crippen LogP contribution in [0.3, 0.4) is 0 Å². The summed E-state index contributed by atoms with van der Waals surface area (Å²) in [5.41, 5.74) is 4.67. The Balaban J connectivity index is 0.00000338. The van der Waals surface area contributed by atoms with Crippen molar-refractivity contribution >= 4 is 35.6 Å². The number of anilines is 1. The summed E-state index contributed by atoms with van der Waals surface area (Å²) in [5.74, 6) is 1.90. The predicted octanol–water partition coefficient (Wildman–Crippen LogP) is 3.66. The number of guanidine groups is 1. The van der Waals surface area contributed by atoms with Crippen LogP contribution >= 0.6 is 24.0 Å². The second kappa shape index (κ2) is 10.4. The molecule has 6 nitrogen and oxygen atoms in total. The third-order valence-electron chi connectivity index (χ3n) is 4.11. The Morgan fingerprint density at radius 2 is 1.88 bits per heavy atom. The Labute approximate surface area is 173 Å². The van der Waals surface area contributed by atoms with E-state index in [9.17, 15) is 0 Å². The van der Waals surface area contributed by atoms with Crippen molar-refractivity contribution in [2.75, 3.05) is 26.0 Å². The predicted molar refractivity (Wildman–Crippen MR) is 119 cm³/mol. The molecule has 1 aromatic carbocycles. The third-order valence-corrected chi connectivity index (χ3v) is 4.11. The molecule has 144 valence electrons. The summed E-state index contributed by atoms with van der Waals surface area (Å²) in [6.07, 6.45) is 0. The molecule has 2 aromatic rings. The van der Waals surface area contributed by atoms with Crippen LogP contribution in [-0.2, 0) is 13.1 Å². The zero-order valence-corrected chi connectivity index (χ0v) is 18.8. The average molecular weight is 471 g/mol. The van der Waals surface area contributed by atoms with Gasteiger partial charge in [-0.3, -0.25) is 4.99 Å². The maximum Gasteiger partial charge on any atom is 0.191 e. The molecule has 0 saturated carbocycles. The number of halogens is 1. The molecule has 2 N–H and O–H groups in total. The third kappa shape index (κ3) is 6.19. The van der Waals surface area contributed by atoms with Gasteiger partial charge in [0.25, 0.3) is 0 Å². The largest absolute Gasteiger partial charge is 0.378 e. The summed E-state index contributed by atoms with van der Waals surface area (Å²) in [5, 5.41) is 10.7. The summed E-state index contributed by atoms with van der Waals surface area (Å²) >= 11 is 0. The van der Waals surface area contributed by atoms with Gasteiger partial charge in [-0.15, -0.1) is 24.0 Å². The van der Waals surface area contributed by atoms with E-state index in [2.05, 4.69) is 64.7 Å². The number of rotatable bonds is 6. The van der Waals surface area contributed by atoms with Gasteiger partial charge < -0.3 is 20.1 Å². The van der Waals surface area contributed by atoms with Gasteiger partial charge in [-0.05, 0) is 36.1 Å². The van der Waals surface area contributed by atoms with Crippen molar-refractivity contribution in [1.29, 1.82) is 0 Å². The molecule has 0 radical (unpaired) electrons. The number of nitrogens with one attached hydrogen (secondary N) is 2. The molecule has 0 unspecified atom stereocenters. The van der Waals surface area contributed by atoms with Gasteiger partial charge in [0.1, 0.15) is 0 Å². The van der Waals surface area contributed by atoms with Crippen LogP contribution in [0.1, 0.15) is 42.3 Å². The molecule has 0 aliphatic heterocycles. The zero-order valence-electron chi connectivity index (χ0n) is 16.5. The Morgan fingerprint density at radius 1 is 1.19 bits per heavy atom. The van der Waals surface area contributed by atoms with Crippen molar-refractivity contribution in [3.05, 3.63) is 46.8 Å². The lowest BCUT2D eigenvalue weighted by molar-refractivity contribution is 0.372. The number of nitrogens with zero attached hydrogens (tertiary/aromatic N) is 3. The normalized spacial score (nSPS) is 11.3. The van der Waals surface area contributed by atoms with Crippen LogP contribution in [0.15, 0.2) is 33.8 Å². The minimum absolute atomic E-state index is 0. The lowest BCUT2D eigenvalue weighted by Gasteiger charge is -2.16. The molecule has 0 bridgehead atoms. The highest BCUT2D eigenvalue weighted by Crippen LogP contribution is 2.17. The van der Waals surface area contributed by atoms with E-state index in [4.69, 9.17) is 4.52 Å². The Kier molecular flexibility index (Phi) is 8.91. The fourth-order valence-corrected chi connectivity index (χ4v) is 2.41. The first-order valence-electron chi connectivity index (χ1n) is 8.57. The van der Waals surface area contributed by atoms with Crippen LogP contribution in [0.5, 0.6) is 0 Å². The Morgan fingerprint density at radius 3 is 2.42 bits per heavy atom. The lowest BCUT2D eigenvalue weighted by Crippen LogP contribution is -2.36. The molecule has 0 atom stereocenters. The molecule has 1 heterocycles. The summed E-state index contributed by atoms with van der Waals surface area (Å²) in [7, 11) is 5.86. The fraction of sp³-hybridized carbons (Fsp3) is 0.474. The molecule has 0 aliphatic rings. The minimum Gasteiger partial charge on any atom is -0.378 e. The van der Waals surface area contributed by atoms with Gasteiger partial charge in [0.05, 0.1) is 12.2 Å². The van der Waals surface area contributed by atoms with Crippen LogP contribution in [0, 0.1) is 6.92 Å². The van der Waals surface area contributed by atoms with Gasteiger partial charge in [0.2, 0.25) is 0 Å². The number of benzene rings is 1. The molecular weight excluding hydrogens is 441 g/mol. The van der Waals surface area contributed by atoms with Gasteiger partial charge in [-0.25, -0.2) is 0 Å². The van der Waals surface area contributed by atoms with Crippen molar-refractivity contribution in [2.45, 2.75) is 39.8 Å². The van der Waals surface area contributed by atoms with Gasteiger partial charge >= 0.3 is 0 Å². The Hall–Kier alpha value is -1.77. The molecule has 26 heavy (non-hydrogen) atoms. The monoisotopic (exact) mass is 471 g/mol. The number of hydrogen-bond acceptors (Lipinski definition) is 4. The summed E-state index contributed by atoms with van der Waals surface area (Å²) in [4.78, 5) is 6.36. The maximum atomic E-state index is 5.34. The van der Waals surface area contributed by atoms with E-state index in [1.165, 1.54) is 16.8 Å². The molecule has 0 amide bonds. The maximum absolute atomic E-state index is 5.34. The van der Waals surface area contributed by atoms with Crippen molar-refractivity contribution in [3.63, 3.8) is 0 Å². The molecule has 7 heteroatoms. The number of aliphatic imine (C=N–C) groups is 1. The highest BCUT2D eigenvalue weighted by atomic mass is 127. The highest BCUT2D eigenvalue weighted by Gasteiger charge is 2.08. The van der Waals surface area contributed by atoms with E-state index in [-0.39, 0.29) is 24.0 Å². The van der Waals surface area contributed by atoms with Crippen LogP contribution < -0.4 is 15.5 Å². The first-order valence-corrected chi connectivity index (χ1v) is 8.57. The van der Waals surface area contributed by atoms with Gasteiger partial charge in [0, 0.05) is 39.4 Å². The SMILES string of the molecule is CN=C(NCc1cc(C(C)C)no1)NCc1ccc(N(C)C)cc1C.I. The van der Waals surface area contributed by atoms with E-state index in [1.54, 1.807) is 7.05 Å². The summed E-state index contributed by atoms with van der Waals surface area (Å²) in [6, 6.07) is 8.45. The Bertz CT molecular complexity index is 724. The van der Waals surface area contributed by atoms with E-state index in [1.807, 2.05) is 20.2 Å². The molecule has 2 rings (SSSR count). The first-order chi connectivity index (χ1) is 11.9. The second-order valence-corrected chi connectivity index (χ2v) is 6.66. The summed E-state index contributed by atoms with van der Waals surface area (Å²) in [6.45, 7) is 7.59. The fourth-order valence-electron chi connectivity index (χ4n) is 2.41. The van der Waals surface area contributed by atoms with E-state index >= 15 is 0 Å². The van der Waals surface area contributed by atoms with Gasteiger partial charge in [0.15, 0.2) is 11.7 Å². The average Bonchev–Trinajstić information content (AvgIpc) is 3.05. The molecule has 0 fully saturated rings. The topological polar surface area (TPSA) is 65.7 Å². The smallest absolute Gasteiger partial charge is 0.191 e. The van der Waals surface area contributed by atoms with Crippen LogP contribution in [0.4, 0.5) is 5.69 Å². The quantitative estimate of drug-likeness (QED) is 0.383. The molecule has 0 spiro atoms. The van der Waals surface area contributed by atoms with Crippen LogP contribution in [0.25, 0.3) is 0 Å². The lowest BCUT2D eigenvalue weighted by atomic mass is 10.1. The van der Waals surface area contributed by atoms with Crippen molar-refractivity contribution in [2.24, 2.45) is 4.99 Å². The van der Waals surface area contributed by atoms with Crippen molar-refractivity contribution in [3.8, 4) is 0 Å². The van der Waals surface area contributed by atoms with E-state index in [0.717, 1.165) is 17.4 Å². The summed E-state index contributed by atoms with van der Waals surface area (Å²) < 4.78 is 5.34. The van der Waals surface area contributed by atoms with E-state index < -0.39 is 0 Å². The standard InChI is InChI=1S/C19H29N5O.HI/c1-13(2)18-10-17(25-23-18)12-22-19(20-4)21-11-15-7-8-16(24(5)6)9-14(15)3;/h7-10,13H,11-12H2,1-6H3,(H2,20,21,22);1H. The highest BCUT2D eigenvalue weighted by molar-refractivity contribution is 14.0. The van der Waals surface area contributed by atoms with Gasteiger partial charge in [-0.1, -0.05) is 25.1 Å². The van der Waals surface area contributed by atoms with Crippen LogP contribution in [-0.4, -0.2) is 32.3 Å². The molecule has 0 saturated heterocycles. The minimum atomic E-state index is 0. The molecular formula is C19H30IN5O. The number of aromatic nitrogens is 1. The zero-order chi connectivity index (χ0) is 18.4. The second-order valence-electron chi connectivity index (χ2n) is 6.66. The number of hydrogen-bond donors (Lipinski definition) is 2. The molecule has 0 aliphatic carbocycles. The van der Waals surface area contributed by atoms with Crippen LogP contribution in [0.2, 0.25) is 0 Å². The van der Waals surface area contributed by atoms with Crippen molar-refractivity contribution < 1.29 is 4.52 Å².